The first kappa shape index (κ1) is 16.5. The molecule has 1 atom stereocenters. The summed E-state index contributed by atoms with van der Waals surface area (Å²) in [6.07, 6.45) is 9.01. The maximum atomic E-state index is 9.75. The molecule has 0 aromatic heterocycles. The van der Waals surface area contributed by atoms with Gasteiger partial charge in [0.15, 0.2) is 0 Å². The van der Waals surface area contributed by atoms with E-state index in [9.17, 15) is 5.11 Å². The molecule has 0 aromatic rings. The molecule has 0 saturated carbocycles. The third-order valence-corrected chi connectivity index (χ3v) is 2.69. The fraction of sp³-hybridized carbons (Fsp3) is 0.875. The minimum atomic E-state index is -0.226. The van der Waals surface area contributed by atoms with Crippen molar-refractivity contribution >= 4 is 0 Å². The highest BCUT2D eigenvalue weighted by Crippen LogP contribution is 2.12. The van der Waals surface area contributed by atoms with Gasteiger partial charge in [-0.3, -0.25) is 0 Å². The van der Waals surface area contributed by atoms with Crippen LogP contribution in [0.5, 0.6) is 0 Å². The highest BCUT2D eigenvalue weighted by molar-refractivity contribution is 5.07. The number of aliphatic hydroxyl groups is 1. The van der Waals surface area contributed by atoms with Gasteiger partial charge in [-0.2, -0.15) is 0 Å². The average Bonchev–Trinajstić information content (AvgIpc) is 2.21. The van der Waals surface area contributed by atoms with Crippen molar-refractivity contribution in [3.05, 3.63) is 0 Å². The summed E-state index contributed by atoms with van der Waals surface area (Å²) in [5, 5.41) is 9.75. The first-order chi connectivity index (χ1) is 7.95. The number of hydrogen-bond acceptors (Lipinski definition) is 1. The number of unbranched alkanes of at least 4 members (excludes halogenated alkanes) is 5. The van der Waals surface area contributed by atoms with Gasteiger partial charge in [-0.1, -0.05) is 51.4 Å². The Morgan fingerprint density at radius 2 is 1.59 bits per heavy atom. The fourth-order valence-corrected chi connectivity index (χ4v) is 1.70. The van der Waals surface area contributed by atoms with Gasteiger partial charge in [-0.25, -0.2) is 0 Å². The van der Waals surface area contributed by atoms with Crippen LogP contribution in [-0.2, 0) is 0 Å². The van der Waals surface area contributed by atoms with Gasteiger partial charge in [0.25, 0.3) is 0 Å². The zero-order chi connectivity index (χ0) is 13.1. The zero-order valence-corrected chi connectivity index (χ0v) is 12.2. The van der Waals surface area contributed by atoms with Crippen LogP contribution < -0.4 is 0 Å². The Labute approximate surface area is 108 Å². The van der Waals surface area contributed by atoms with Gasteiger partial charge in [0.1, 0.15) is 0 Å². The molecule has 0 fully saturated rings. The van der Waals surface area contributed by atoms with Gasteiger partial charge in [-0.05, 0) is 27.2 Å². The van der Waals surface area contributed by atoms with Gasteiger partial charge in [0, 0.05) is 11.8 Å². The lowest BCUT2D eigenvalue weighted by molar-refractivity contribution is 0.166. The molecule has 1 heteroatoms. The van der Waals surface area contributed by atoms with E-state index in [1.165, 1.54) is 32.1 Å². The highest BCUT2D eigenvalue weighted by Gasteiger charge is 2.05. The van der Waals surface area contributed by atoms with E-state index in [1.807, 2.05) is 0 Å². The minimum absolute atomic E-state index is 0.0554. The van der Waals surface area contributed by atoms with Gasteiger partial charge in [0.05, 0.1) is 6.10 Å². The van der Waals surface area contributed by atoms with Crippen LogP contribution in [0.25, 0.3) is 0 Å². The maximum absolute atomic E-state index is 9.75. The summed E-state index contributed by atoms with van der Waals surface area (Å²) >= 11 is 0. The van der Waals surface area contributed by atoms with E-state index in [-0.39, 0.29) is 11.5 Å². The smallest absolute Gasteiger partial charge is 0.0649 e. The first-order valence-corrected chi connectivity index (χ1v) is 7.14. The van der Waals surface area contributed by atoms with Gasteiger partial charge in [0.2, 0.25) is 0 Å². The molecule has 0 amide bonds. The van der Waals surface area contributed by atoms with Crippen LogP contribution in [0.4, 0.5) is 0 Å². The summed E-state index contributed by atoms with van der Waals surface area (Å²) in [5.41, 5.74) is 0.0554. The molecule has 0 radical (unpaired) electrons. The molecule has 0 aliphatic carbocycles. The molecule has 0 spiro atoms. The second kappa shape index (κ2) is 9.54. The SMILES string of the molecule is CCCCCCCCC(O)CC#CC(C)(C)C. The molecule has 0 heterocycles. The normalized spacial score (nSPS) is 13.0. The fourth-order valence-electron chi connectivity index (χ4n) is 1.70. The Morgan fingerprint density at radius 3 is 2.18 bits per heavy atom. The van der Waals surface area contributed by atoms with Gasteiger partial charge < -0.3 is 5.11 Å². The summed E-state index contributed by atoms with van der Waals surface area (Å²) in [6.45, 7) is 8.53. The molecule has 0 bridgehead atoms. The van der Waals surface area contributed by atoms with Crippen molar-refractivity contribution in [1.29, 1.82) is 0 Å². The maximum Gasteiger partial charge on any atom is 0.0649 e. The number of rotatable bonds is 8. The van der Waals surface area contributed by atoms with E-state index in [0.29, 0.717) is 6.42 Å². The molecular formula is C16H30O. The lowest BCUT2D eigenvalue weighted by atomic mass is 9.97. The number of aliphatic hydroxyl groups excluding tert-OH is 1. The summed E-state index contributed by atoms with van der Waals surface area (Å²) in [7, 11) is 0. The molecule has 0 aromatic carbocycles. The lowest BCUT2D eigenvalue weighted by Crippen LogP contribution is -2.06. The van der Waals surface area contributed by atoms with E-state index in [4.69, 9.17) is 0 Å². The molecule has 0 saturated heterocycles. The van der Waals surface area contributed by atoms with Crippen LogP contribution in [-0.4, -0.2) is 11.2 Å². The summed E-state index contributed by atoms with van der Waals surface area (Å²) in [4.78, 5) is 0. The topological polar surface area (TPSA) is 20.2 Å². The molecule has 1 nitrogen and oxygen atoms in total. The van der Waals surface area contributed by atoms with Crippen LogP contribution in [0, 0.1) is 17.3 Å². The van der Waals surface area contributed by atoms with E-state index in [0.717, 1.165) is 12.8 Å². The van der Waals surface area contributed by atoms with Gasteiger partial charge in [-0.15, -0.1) is 5.92 Å². The zero-order valence-electron chi connectivity index (χ0n) is 12.2. The Balaban J connectivity index is 3.46. The molecule has 1 unspecified atom stereocenters. The second-order valence-corrected chi connectivity index (χ2v) is 5.97. The van der Waals surface area contributed by atoms with Crippen molar-refractivity contribution in [2.45, 2.75) is 85.2 Å². The van der Waals surface area contributed by atoms with Crippen molar-refractivity contribution in [1.82, 2.24) is 0 Å². The van der Waals surface area contributed by atoms with Crippen LogP contribution >= 0.6 is 0 Å². The molecule has 0 aliphatic rings. The van der Waals surface area contributed by atoms with E-state index >= 15 is 0 Å². The Hall–Kier alpha value is -0.480. The molecule has 0 rings (SSSR count). The lowest BCUT2D eigenvalue weighted by Gasteiger charge is -2.09. The van der Waals surface area contributed by atoms with Crippen molar-refractivity contribution in [2.24, 2.45) is 5.41 Å². The quantitative estimate of drug-likeness (QED) is 0.486. The molecule has 17 heavy (non-hydrogen) atoms. The summed E-state index contributed by atoms with van der Waals surface area (Å²) < 4.78 is 0. The monoisotopic (exact) mass is 238 g/mol. The van der Waals surface area contributed by atoms with Gasteiger partial charge >= 0.3 is 0 Å². The largest absolute Gasteiger partial charge is 0.392 e. The molecule has 1 N–H and O–H groups in total. The van der Waals surface area contributed by atoms with Crippen LogP contribution in [0.2, 0.25) is 0 Å². The predicted octanol–water partition coefficient (Wildman–Crippen LogP) is 4.54. The van der Waals surface area contributed by atoms with E-state index in [2.05, 4.69) is 39.5 Å². The van der Waals surface area contributed by atoms with E-state index < -0.39 is 0 Å². The highest BCUT2D eigenvalue weighted by atomic mass is 16.3. The first-order valence-electron chi connectivity index (χ1n) is 7.14. The third kappa shape index (κ3) is 13.5. The summed E-state index contributed by atoms with van der Waals surface area (Å²) in [6, 6.07) is 0. The van der Waals surface area contributed by atoms with Crippen LogP contribution in [0.1, 0.15) is 79.1 Å². The van der Waals surface area contributed by atoms with Crippen molar-refractivity contribution < 1.29 is 5.11 Å². The third-order valence-electron chi connectivity index (χ3n) is 2.69. The Bertz CT molecular complexity index is 226. The minimum Gasteiger partial charge on any atom is -0.392 e. The second-order valence-electron chi connectivity index (χ2n) is 5.97. The summed E-state index contributed by atoms with van der Waals surface area (Å²) in [5.74, 6) is 6.25. The van der Waals surface area contributed by atoms with Crippen molar-refractivity contribution in [2.75, 3.05) is 0 Å². The Morgan fingerprint density at radius 1 is 1.00 bits per heavy atom. The van der Waals surface area contributed by atoms with Crippen molar-refractivity contribution in [3.8, 4) is 11.8 Å². The predicted molar refractivity (Wildman–Crippen MR) is 75.8 cm³/mol. The van der Waals surface area contributed by atoms with Crippen molar-refractivity contribution in [3.63, 3.8) is 0 Å². The van der Waals surface area contributed by atoms with Crippen LogP contribution in [0.15, 0.2) is 0 Å². The Kier molecular flexibility index (Phi) is 9.27. The average molecular weight is 238 g/mol. The molecule has 0 aliphatic heterocycles. The molecule has 100 valence electrons. The standard InChI is InChI=1S/C16H30O/c1-5-6-7-8-9-10-12-15(17)13-11-14-16(2,3)4/h15,17H,5-10,12-13H2,1-4H3. The molecular weight excluding hydrogens is 208 g/mol. The van der Waals surface area contributed by atoms with E-state index in [1.54, 1.807) is 0 Å². The van der Waals surface area contributed by atoms with Crippen LogP contribution in [0.3, 0.4) is 0 Å². The number of hydrogen-bond donors (Lipinski definition) is 1.